The van der Waals surface area contributed by atoms with E-state index in [1.165, 1.54) is 0 Å². The summed E-state index contributed by atoms with van der Waals surface area (Å²) in [4.78, 5) is 15.2. The fourth-order valence-electron chi connectivity index (χ4n) is 3.63. The Labute approximate surface area is 162 Å². The first kappa shape index (κ1) is 17.4. The minimum atomic E-state index is -0.834. The number of aliphatic carboxylic acids is 1. The average molecular weight is 376 g/mol. The number of carboxylic acid groups (broad SMARTS) is 1. The molecule has 0 spiro atoms. The van der Waals surface area contributed by atoms with Crippen LogP contribution in [0.25, 0.3) is 22.2 Å². The van der Waals surface area contributed by atoms with Gasteiger partial charge in [-0.05, 0) is 34.9 Å². The van der Waals surface area contributed by atoms with Crippen molar-refractivity contribution < 1.29 is 9.90 Å². The maximum atomic E-state index is 11.7. The zero-order valence-electron chi connectivity index (χ0n) is 14.5. The first-order valence-corrected chi connectivity index (χ1v) is 9.14. The summed E-state index contributed by atoms with van der Waals surface area (Å²) in [5.41, 5.74) is 4.83. The molecule has 3 aromatic carbocycles. The lowest BCUT2D eigenvalue weighted by Gasteiger charge is -2.18. The minimum absolute atomic E-state index is 0.00329. The van der Waals surface area contributed by atoms with E-state index in [0.717, 1.165) is 33.3 Å². The van der Waals surface area contributed by atoms with Crippen LogP contribution >= 0.6 is 11.6 Å². The van der Waals surface area contributed by atoms with Gasteiger partial charge in [-0.15, -0.1) is 0 Å². The van der Waals surface area contributed by atoms with Gasteiger partial charge in [0.05, 0.1) is 12.1 Å². The summed E-state index contributed by atoms with van der Waals surface area (Å²) in [5, 5.41) is 11.2. The van der Waals surface area contributed by atoms with Crippen LogP contribution < -0.4 is 0 Å². The van der Waals surface area contributed by atoms with Crippen LogP contribution in [0.15, 0.2) is 78.9 Å². The van der Waals surface area contributed by atoms with Crippen molar-refractivity contribution in [2.75, 3.05) is 0 Å². The molecule has 27 heavy (non-hydrogen) atoms. The number of benzene rings is 3. The molecule has 2 N–H and O–H groups in total. The molecule has 0 amide bonds. The fourth-order valence-corrected chi connectivity index (χ4v) is 3.80. The molecule has 0 fully saturated rings. The first-order chi connectivity index (χ1) is 13.1. The molecule has 0 saturated carbocycles. The van der Waals surface area contributed by atoms with Gasteiger partial charge in [-0.1, -0.05) is 72.3 Å². The van der Waals surface area contributed by atoms with Gasteiger partial charge in [0.2, 0.25) is 0 Å². The number of carboxylic acids is 1. The van der Waals surface area contributed by atoms with Crippen LogP contribution in [-0.2, 0) is 4.79 Å². The van der Waals surface area contributed by atoms with Gasteiger partial charge in [0.15, 0.2) is 0 Å². The van der Waals surface area contributed by atoms with Crippen LogP contribution in [0.4, 0.5) is 0 Å². The third-order valence-corrected chi connectivity index (χ3v) is 5.03. The van der Waals surface area contributed by atoms with Crippen molar-refractivity contribution in [3.8, 4) is 11.3 Å². The summed E-state index contributed by atoms with van der Waals surface area (Å²) < 4.78 is 0. The molecule has 1 heterocycles. The number of aromatic amines is 1. The largest absolute Gasteiger partial charge is 0.481 e. The van der Waals surface area contributed by atoms with E-state index in [1.807, 2.05) is 78.9 Å². The Morgan fingerprint density at radius 2 is 1.63 bits per heavy atom. The molecule has 0 bridgehead atoms. The molecular weight excluding hydrogens is 358 g/mol. The van der Waals surface area contributed by atoms with Crippen molar-refractivity contribution in [1.82, 2.24) is 4.98 Å². The quantitative estimate of drug-likeness (QED) is 0.443. The molecule has 1 unspecified atom stereocenters. The Kier molecular flexibility index (Phi) is 4.69. The van der Waals surface area contributed by atoms with E-state index in [2.05, 4.69) is 4.98 Å². The van der Waals surface area contributed by atoms with Gasteiger partial charge in [-0.25, -0.2) is 0 Å². The molecule has 4 heteroatoms. The Morgan fingerprint density at radius 1 is 0.963 bits per heavy atom. The Balaban J connectivity index is 2.02. The monoisotopic (exact) mass is 375 g/mol. The minimum Gasteiger partial charge on any atom is -0.481 e. The highest BCUT2D eigenvalue weighted by atomic mass is 35.5. The Hall–Kier alpha value is -3.04. The SMILES string of the molecule is O=C(O)CC(c1ccccc1)c1c(-c2ccccc2)[nH]c2ccc(Cl)cc12. The molecule has 0 aliphatic rings. The molecule has 0 radical (unpaired) electrons. The predicted octanol–water partition coefficient (Wildman–Crippen LogP) is 6.09. The van der Waals surface area contributed by atoms with Crippen molar-refractivity contribution in [3.63, 3.8) is 0 Å². The number of H-pyrrole nitrogens is 1. The molecule has 134 valence electrons. The van der Waals surface area contributed by atoms with Crippen molar-refractivity contribution in [3.05, 3.63) is 95.0 Å². The van der Waals surface area contributed by atoms with Crippen LogP contribution in [0.3, 0.4) is 0 Å². The van der Waals surface area contributed by atoms with Crippen LogP contribution in [0.5, 0.6) is 0 Å². The van der Waals surface area contributed by atoms with Gasteiger partial charge in [0.25, 0.3) is 0 Å². The Morgan fingerprint density at radius 3 is 2.30 bits per heavy atom. The number of rotatable bonds is 5. The molecule has 0 aliphatic carbocycles. The molecule has 4 aromatic rings. The molecular formula is C23H18ClNO2. The van der Waals surface area contributed by atoms with Gasteiger partial charge >= 0.3 is 5.97 Å². The second-order valence-electron chi connectivity index (χ2n) is 6.53. The van der Waals surface area contributed by atoms with Crippen molar-refractivity contribution >= 4 is 28.5 Å². The highest BCUT2D eigenvalue weighted by Gasteiger charge is 2.25. The zero-order chi connectivity index (χ0) is 18.8. The van der Waals surface area contributed by atoms with Gasteiger partial charge < -0.3 is 10.1 Å². The summed E-state index contributed by atoms with van der Waals surface area (Å²) in [5.74, 6) is -1.12. The zero-order valence-corrected chi connectivity index (χ0v) is 15.3. The number of hydrogen-bond donors (Lipinski definition) is 2. The molecule has 0 aliphatic heterocycles. The third-order valence-electron chi connectivity index (χ3n) is 4.79. The highest BCUT2D eigenvalue weighted by molar-refractivity contribution is 6.31. The van der Waals surface area contributed by atoms with Gasteiger partial charge in [-0.3, -0.25) is 4.79 Å². The molecule has 1 aromatic heterocycles. The maximum Gasteiger partial charge on any atom is 0.304 e. The van der Waals surface area contributed by atoms with Crippen molar-refractivity contribution in [2.24, 2.45) is 0 Å². The van der Waals surface area contributed by atoms with Crippen molar-refractivity contribution in [1.29, 1.82) is 0 Å². The van der Waals surface area contributed by atoms with Gasteiger partial charge in [-0.2, -0.15) is 0 Å². The summed E-state index contributed by atoms with van der Waals surface area (Å²) in [7, 11) is 0. The lowest BCUT2D eigenvalue weighted by atomic mass is 9.85. The summed E-state index contributed by atoms with van der Waals surface area (Å²) >= 11 is 6.27. The topological polar surface area (TPSA) is 53.1 Å². The first-order valence-electron chi connectivity index (χ1n) is 8.77. The molecule has 3 nitrogen and oxygen atoms in total. The van der Waals surface area contributed by atoms with E-state index < -0.39 is 5.97 Å². The van der Waals surface area contributed by atoms with Crippen LogP contribution in [0, 0.1) is 0 Å². The Bertz CT molecular complexity index is 1090. The van der Waals surface area contributed by atoms with E-state index >= 15 is 0 Å². The van der Waals surface area contributed by atoms with Crippen LogP contribution in [-0.4, -0.2) is 16.1 Å². The van der Waals surface area contributed by atoms with Crippen LogP contribution in [0.1, 0.15) is 23.5 Å². The highest BCUT2D eigenvalue weighted by Crippen LogP contribution is 2.41. The van der Waals surface area contributed by atoms with E-state index in [4.69, 9.17) is 11.6 Å². The number of aromatic nitrogens is 1. The number of fused-ring (bicyclic) bond motifs is 1. The third kappa shape index (κ3) is 3.46. The fraction of sp³-hybridized carbons (Fsp3) is 0.0870. The maximum absolute atomic E-state index is 11.7. The van der Waals surface area contributed by atoms with E-state index in [1.54, 1.807) is 0 Å². The summed E-state index contributed by atoms with van der Waals surface area (Å²) in [6.07, 6.45) is 0.00329. The normalized spacial score (nSPS) is 12.2. The van der Waals surface area contributed by atoms with Gasteiger partial charge in [0, 0.05) is 21.8 Å². The van der Waals surface area contributed by atoms with E-state index in [-0.39, 0.29) is 12.3 Å². The number of hydrogen-bond acceptors (Lipinski definition) is 1. The lowest BCUT2D eigenvalue weighted by molar-refractivity contribution is -0.137. The van der Waals surface area contributed by atoms with E-state index in [9.17, 15) is 9.90 Å². The van der Waals surface area contributed by atoms with Crippen molar-refractivity contribution in [2.45, 2.75) is 12.3 Å². The molecule has 4 rings (SSSR count). The standard InChI is InChI=1S/C23H18ClNO2/c24-17-11-12-20-19(13-17)22(23(25-20)16-9-5-2-6-10-16)18(14-21(26)27)15-7-3-1-4-8-15/h1-13,18,25H,14H2,(H,26,27). The molecule has 0 saturated heterocycles. The van der Waals surface area contributed by atoms with Gasteiger partial charge in [0.1, 0.15) is 0 Å². The lowest BCUT2D eigenvalue weighted by Crippen LogP contribution is -2.08. The number of halogens is 1. The predicted molar refractivity (Wildman–Crippen MR) is 109 cm³/mol. The smallest absolute Gasteiger partial charge is 0.304 e. The summed E-state index contributed by atoms with van der Waals surface area (Å²) in [6.45, 7) is 0. The molecule has 1 atom stereocenters. The van der Waals surface area contributed by atoms with E-state index in [0.29, 0.717) is 5.02 Å². The number of nitrogens with one attached hydrogen (secondary N) is 1. The second-order valence-corrected chi connectivity index (χ2v) is 6.97. The number of carbonyl (C=O) groups is 1. The summed E-state index contributed by atoms with van der Waals surface area (Å²) in [6, 6.07) is 25.4. The average Bonchev–Trinajstić information content (AvgIpc) is 3.06. The second kappa shape index (κ2) is 7.29. The van der Waals surface area contributed by atoms with Crippen LogP contribution in [0.2, 0.25) is 5.02 Å².